The molecule has 3 N–H and O–H groups in total. The summed E-state index contributed by atoms with van der Waals surface area (Å²) in [5, 5.41) is 2.98. The minimum absolute atomic E-state index is 0.183. The number of anilines is 1. The Morgan fingerprint density at radius 2 is 2.29 bits per heavy atom. The second-order valence-electron chi connectivity index (χ2n) is 3.17. The van der Waals surface area contributed by atoms with Crippen LogP contribution < -0.4 is 15.8 Å². The molecule has 1 aromatic rings. The fourth-order valence-corrected chi connectivity index (χ4v) is 1.18. The molecular formula is C10H16N4O3. The van der Waals surface area contributed by atoms with Crippen LogP contribution >= 0.6 is 0 Å². The van der Waals surface area contributed by atoms with Gasteiger partial charge in [-0.25, -0.2) is 9.78 Å². The van der Waals surface area contributed by atoms with Crippen LogP contribution in [0, 0.1) is 6.92 Å². The van der Waals surface area contributed by atoms with E-state index in [4.69, 9.17) is 10.5 Å². The van der Waals surface area contributed by atoms with Crippen molar-refractivity contribution in [3.05, 3.63) is 11.9 Å². The molecule has 1 rings (SSSR count). The van der Waals surface area contributed by atoms with Gasteiger partial charge < -0.3 is 20.5 Å². The van der Waals surface area contributed by atoms with Gasteiger partial charge in [0.15, 0.2) is 0 Å². The maximum Gasteiger partial charge on any atom is 0.404 e. The molecule has 7 nitrogen and oxygen atoms in total. The van der Waals surface area contributed by atoms with Crippen LogP contribution in [0.2, 0.25) is 0 Å². The average Bonchev–Trinajstić information content (AvgIpc) is 2.24. The van der Waals surface area contributed by atoms with Gasteiger partial charge in [-0.15, -0.1) is 0 Å². The van der Waals surface area contributed by atoms with Gasteiger partial charge in [0.05, 0.1) is 13.2 Å². The highest BCUT2D eigenvalue weighted by atomic mass is 16.5. The lowest BCUT2D eigenvalue weighted by Gasteiger charge is -2.08. The number of aromatic nitrogens is 2. The number of aryl methyl sites for hydroxylation is 1. The first-order valence-corrected chi connectivity index (χ1v) is 5.26. The lowest BCUT2D eigenvalue weighted by Crippen LogP contribution is -2.18. The summed E-state index contributed by atoms with van der Waals surface area (Å²) < 4.78 is 9.85. The monoisotopic (exact) mass is 240 g/mol. The fourth-order valence-electron chi connectivity index (χ4n) is 1.18. The number of nitrogens with two attached hydrogens (primary N) is 1. The van der Waals surface area contributed by atoms with Crippen molar-refractivity contribution in [1.82, 2.24) is 9.97 Å². The Morgan fingerprint density at radius 3 is 2.94 bits per heavy atom. The van der Waals surface area contributed by atoms with Crippen molar-refractivity contribution < 1.29 is 14.3 Å². The van der Waals surface area contributed by atoms with Crippen molar-refractivity contribution in [2.75, 3.05) is 25.1 Å². The number of carbonyl (C=O) groups is 1. The van der Waals surface area contributed by atoms with Crippen LogP contribution in [0.1, 0.15) is 12.7 Å². The molecule has 0 atom stereocenters. The summed E-state index contributed by atoms with van der Waals surface area (Å²) in [5.41, 5.74) is 4.83. The normalized spacial score (nSPS) is 9.76. The van der Waals surface area contributed by atoms with Gasteiger partial charge in [0.25, 0.3) is 0 Å². The van der Waals surface area contributed by atoms with Crippen molar-refractivity contribution in [2.24, 2.45) is 5.73 Å². The van der Waals surface area contributed by atoms with Crippen LogP contribution in [0.4, 0.5) is 10.6 Å². The molecule has 0 spiro atoms. The smallest absolute Gasteiger partial charge is 0.404 e. The second kappa shape index (κ2) is 6.51. The number of hydrogen-bond donors (Lipinski definition) is 2. The first-order chi connectivity index (χ1) is 8.11. The summed E-state index contributed by atoms with van der Waals surface area (Å²) in [5.74, 6) is 1.74. The number of hydrogen-bond acceptors (Lipinski definition) is 6. The van der Waals surface area contributed by atoms with Gasteiger partial charge in [-0.3, -0.25) is 0 Å². The number of amides is 1. The quantitative estimate of drug-likeness (QED) is 0.710. The Balaban J connectivity index is 2.49. The maximum absolute atomic E-state index is 10.3. The van der Waals surface area contributed by atoms with Crippen LogP contribution in [0.5, 0.6) is 5.88 Å². The molecule has 0 bridgehead atoms. The van der Waals surface area contributed by atoms with E-state index in [0.29, 0.717) is 30.7 Å². The zero-order valence-corrected chi connectivity index (χ0v) is 9.90. The van der Waals surface area contributed by atoms with E-state index >= 15 is 0 Å². The Labute approximate surface area is 99.3 Å². The number of primary amides is 1. The molecule has 0 unspecified atom stereocenters. The summed E-state index contributed by atoms with van der Waals surface area (Å²) in [6, 6.07) is 1.68. The Hall–Kier alpha value is -2.05. The van der Waals surface area contributed by atoms with Crippen molar-refractivity contribution in [3.8, 4) is 5.88 Å². The largest absolute Gasteiger partial charge is 0.478 e. The molecule has 94 valence electrons. The van der Waals surface area contributed by atoms with Crippen molar-refractivity contribution in [1.29, 1.82) is 0 Å². The summed E-state index contributed by atoms with van der Waals surface area (Å²) in [6.07, 6.45) is -0.791. The van der Waals surface area contributed by atoms with E-state index in [-0.39, 0.29) is 6.61 Å². The van der Waals surface area contributed by atoms with Crippen LogP contribution in [0.25, 0.3) is 0 Å². The molecule has 0 aromatic carbocycles. The number of ether oxygens (including phenoxy) is 2. The van der Waals surface area contributed by atoms with Gasteiger partial charge in [0.1, 0.15) is 18.2 Å². The Bertz CT molecular complexity index is 384. The summed E-state index contributed by atoms with van der Waals surface area (Å²) in [7, 11) is 0. The molecular weight excluding hydrogens is 224 g/mol. The highest BCUT2D eigenvalue weighted by molar-refractivity contribution is 5.64. The minimum Gasteiger partial charge on any atom is -0.478 e. The average molecular weight is 240 g/mol. The van der Waals surface area contributed by atoms with E-state index in [2.05, 4.69) is 20.0 Å². The summed E-state index contributed by atoms with van der Waals surface area (Å²) in [6.45, 7) is 4.80. The van der Waals surface area contributed by atoms with E-state index in [1.165, 1.54) is 0 Å². The van der Waals surface area contributed by atoms with Gasteiger partial charge in [-0.1, -0.05) is 0 Å². The van der Waals surface area contributed by atoms with Gasteiger partial charge in [0, 0.05) is 6.07 Å². The van der Waals surface area contributed by atoms with E-state index in [1.807, 2.05) is 6.92 Å². The zero-order valence-electron chi connectivity index (χ0n) is 9.90. The first-order valence-electron chi connectivity index (χ1n) is 5.26. The van der Waals surface area contributed by atoms with Crippen molar-refractivity contribution in [2.45, 2.75) is 13.8 Å². The predicted octanol–water partition coefficient (Wildman–Crippen LogP) is 0.691. The molecule has 17 heavy (non-hydrogen) atoms. The molecule has 0 saturated heterocycles. The molecule has 0 radical (unpaired) electrons. The molecule has 1 heterocycles. The standard InChI is InChI=1S/C10H16N4O3/c1-3-16-9-6-8(13-7(2)14-9)12-4-5-17-10(11)15/h6H,3-5H2,1-2H3,(H2,11,15)(H,12,13,14). The highest BCUT2D eigenvalue weighted by Gasteiger charge is 2.02. The van der Waals surface area contributed by atoms with Crippen molar-refractivity contribution in [3.63, 3.8) is 0 Å². The molecule has 0 aliphatic rings. The number of rotatable bonds is 6. The second-order valence-corrected chi connectivity index (χ2v) is 3.17. The molecule has 7 heteroatoms. The lowest BCUT2D eigenvalue weighted by molar-refractivity contribution is 0.161. The summed E-state index contributed by atoms with van der Waals surface area (Å²) >= 11 is 0. The molecule has 1 amide bonds. The van der Waals surface area contributed by atoms with Gasteiger partial charge in [-0.2, -0.15) is 4.98 Å². The zero-order chi connectivity index (χ0) is 12.7. The van der Waals surface area contributed by atoms with E-state index in [1.54, 1.807) is 13.0 Å². The molecule has 1 aromatic heterocycles. The minimum atomic E-state index is -0.791. The lowest BCUT2D eigenvalue weighted by atomic mass is 10.5. The number of nitrogens with zero attached hydrogens (tertiary/aromatic N) is 2. The number of nitrogens with one attached hydrogen (secondary N) is 1. The van der Waals surface area contributed by atoms with E-state index in [0.717, 1.165) is 0 Å². The molecule has 0 aliphatic heterocycles. The van der Waals surface area contributed by atoms with Gasteiger partial charge in [0.2, 0.25) is 5.88 Å². The first kappa shape index (κ1) is 13.0. The topological polar surface area (TPSA) is 99.4 Å². The Kier molecular flexibility index (Phi) is 4.99. The fraction of sp³-hybridized carbons (Fsp3) is 0.500. The van der Waals surface area contributed by atoms with Crippen LogP contribution in [-0.2, 0) is 4.74 Å². The third kappa shape index (κ3) is 5.01. The van der Waals surface area contributed by atoms with E-state index < -0.39 is 6.09 Å². The van der Waals surface area contributed by atoms with Crippen LogP contribution in [0.15, 0.2) is 6.07 Å². The third-order valence-electron chi connectivity index (χ3n) is 1.76. The van der Waals surface area contributed by atoms with Crippen LogP contribution in [-0.4, -0.2) is 35.8 Å². The Morgan fingerprint density at radius 1 is 1.53 bits per heavy atom. The molecule has 0 fully saturated rings. The summed E-state index contributed by atoms with van der Waals surface area (Å²) in [4.78, 5) is 18.6. The van der Waals surface area contributed by atoms with Gasteiger partial charge >= 0.3 is 6.09 Å². The third-order valence-corrected chi connectivity index (χ3v) is 1.76. The highest BCUT2D eigenvalue weighted by Crippen LogP contribution is 2.12. The van der Waals surface area contributed by atoms with Gasteiger partial charge in [-0.05, 0) is 13.8 Å². The molecule has 0 aliphatic carbocycles. The molecule has 0 saturated carbocycles. The SMILES string of the molecule is CCOc1cc(NCCOC(N)=O)nc(C)n1. The number of carbonyl (C=O) groups excluding carboxylic acids is 1. The predicted molar refractivity (Wildman–Crippen MR) is 62.0 cm³/mol. The van der Waals surface area contributed by atoms with Crippen LogP contribution in [0.3, 0.4) is 0 Å². The maximum atomic E-state index is 10.3. The van der Waals surface area contributed by atoms with Crippen molar-refractivity contribution >= 4 is 11.9 Å². The van der Waals surface area contributed by atoms with E-state index in [9.17, 15) is 4.79 Å².